The van der Waals surface area contributed by atoms with Gasteiger partial charge in [0.05, 0.1) is 11.6 Å². The van der Waals surface area contributed by atoms with E-state index in [9.17, 15) is 14.7 Å². The van der Waals surface area contributed by atoms with E-state index in [4.69, 9.17) is 20.9 Å². The predicted octanol–water partition coefficient (Wildman–Crippen LogP) is 4.72. The molecule has 28 heavy (non-hydrogen) atoms. The molecule has 148 valence electrons. The first-order chi connectivity index (χ1) is 13.4. The van der Waals surface area contributed by atoms with Crippen LogP contribution in [0.1, 0.15) is 66.7 Å². The number of nitrogens with zero attached hydrogens (tertiary/aromatic N) is 1. The fourth-order valence-corrected chi connectivity index (χ4v) is 3.39. The van der Waals surface area contributed by atoms with Gasteiger partial charge in [-0.2, -0.15) is 0 Å². The summed E-state index contributed by atoms with van der Waals surface area (Å²) in [5, 5.41) is 14.5. The molecule has 0 aliphatic carbocycles. The van der Waals surface area contributed by atoms with Crippen LogP contribution < -0.4 is 0 Å². The minimum Gasteiger partial charge on any atom is -0.481 e. The molecule has 1 aromatic carbocycles. The molecule has 3 rings (SSSR count). The van der Waals surface area contributed by atoms with Crippen LogP contribution in [-0.2, 0) is 9.53 Å². The number of halogens is 1. The summed E-state index contributed by atoms with van der Waals surface area (Å²) in [5.41, 5.74) is 1.67. The van der Waals surface area contributed by atoms with Crippen molar-refractivity contribution in [2.75, 3.05) is 6.61 Å². The molecule has 0 bridgehead atoms. The minimum atomic E-state index is -1.05. The zero-order valence-electron chi connectivity index (χ0n) is 15.8. The summed E-state index contributed by atoms with van der Waals surface area (Å²) in [4.78, 5) is 27.7. The van der Waals surface area contributed by atoms with E-state index in [0.29, 0.717) is 40.2 Å². The third kappa shape index (κ3) is 3.68. The number of nitrogens with one attached hydrogen (secondary N) is 1. The second kappa shape index (κ2) is 8.16. The van der Waals surface area contributed by atoms with Crippen LogP contribution in [0.2, 0.25) is 5.02 Å². The van der Waals surface area contributed by atoms with Crippen molar-refractivity contribution < 1.29 is 24.0 Å². The number of H-pyrrole nitrogens is 1. The first kappa shape index (κ1) is 20.1. The number of hydrogen-bond acceptors (Lipinski definition) is 5. The Kier molecular flexibility index (Phi) is 5.86. The van der Waals surface area contributed by atoms with Gasteiger partial charge in [0.2, 0.25) is 11.5 Å². The molecule has 2 N–H and O–H groups in total. The highest BCUT2D eigenvalue weighted by atomic mass is 35.5. The van der Waals surface area contributed by atoms with Crippen LogP contribution in [-0.4, -0.2) is 33.6 Å². The van der Waals surface area contributed by atoms with Gasteiger partial charge in [-0.15, -0.1) is 0 Å². The molecule has 0 amide bonds. The van der Waals surface area contributed by atoms with Gasteiger partial charge in [0.1, 0.15) is 11.8 Å². The standard InChI is InChI=1S/C20H21ClN2O5/c1-4-15(27-5-2)14-9-16(28-23-14)19(24)18-17(10(3)20(25)26)12-8-11(21)6-7-13(12)22-18/h6-10,15,22H,4-5H2,1-3H3,(H,25,26). The molecular formula is C20H21ClN2O5. The van der Waals surface area contributed by atoms with E-state index in [2.05, 4.69) is 10.1 Å². The maximum Gasteiger partial charge on any atom is 0.310 e. The third-order valence-corrected chi connectivity index (χ3v) is 4.89. The lowest BCUT2D eigenvalue weighted by atomic mass is 9.95. The predicted molar refractivity (Wildman–Crippen MR) is 104 cm³/mol. The zero-order chi connectivity index (χ0) is 20.4. The number of ether oxygens (including phenoxy) is 1. The van der Waals surface area contributed by atoms with Gasteiger partial charge in [-0.1, -0.05) is 23.7 Å². The Morgan fingerprint density at radius 1 is 1.32 bits per heavy atom. The van der Waals surface area contributed by atoms with Crippen molar-refractivity contribution in [1.29, 1.82) is 0 Å². The lowest BCUT2D eigenvalue weighted by molar-refractivity contribution is -0.138. The van der Waals surface area contributed by atoms with Gasteiger partial charge in [-0.25, -0.2) is 0 Å². The number of aromatic nitrogens is 2. The Morgan fingerprint density at radius 3 is 2.71 bits per heavy atom. The number of fused-ring (bicyclic) bond motifs is 1. The van der Waals surface area contributed by atoms with Gasteiger partial charge in [-0.05, 0) is 38.5 Å². The fourth-order valence-electron chi connectivity index (χ4n) is 3.22. The average Bonchev–Trinajstić information content (AvgIpc) is 3.29. The lowest BCUT2D eigenvalue weighted by Crippen LogP contribution is -2.12. The van der Waals surface area contributed by atoms with Gasteiger partial charge < -0.3 is 19.4 Å². The summed E-state index contributed by atoms with van der Waals surface area (Å²) in [5.74, 6) is -2.42. The van der Waals surface area contributed by atoms with Gasteiger partial charge in [-0.3, -0.25) is 9.59 Å². The average molecular weight is 405 g/mol. The van der Waals surface area contributed by atoms with Gasteiger partial charge in [0, 0.05) is 34.2 Å². The van der Waals surface area contributed by atoms with E-state index in [1.165, 1.54) is 6.92 Å². The van der Waals surface area contributed by atoms with E-state index in [1.807, 2.05) is 13.8 Å². The molecule has 2 heterocycles. The second-order valence-corrected chi connectivity index (χ2v) is 6.90. The molecule has 2 atom stereocenters. The molecule has 3 aromatic rings. The Hall–Kier alpha value is -2.64. The highest BCUT2D eigenvalue weighted by Gasteiger charge is 2.29. The zero-order valence-corrected chi connectivity index (χ0v) is 16.5. The number of rotatable bonds is 8. The largest absolute Gasteiger partial charge is 0.481 e. The fraction of sp³-hybridized carbons (Fsp3) is 0.350. The van der Waals surface area contributed by atoms with Crippen LogP contribution in [0.4, 0.5) is 0 Å². The molecule has 7 nitrogen and oxygen atoms in total. The van der Waals surface area contributed by atoms with Crippen LogP contribution in [0.25, 0.3) is 10.9 Å². The maximum absolute atomic E-state index is 13.1. The number of carbonyl (C=O) groups is 2. The van der Waals surface area contributed by atoms with E-state index in [-0.39, 0.29) is 17.6 Å². The summed E-state index contributed by atoms with van der Waals surface area (Å²) >= 11 is 6.08. The molecule has 0 spiro atoms. The summed E-state index contributed by atoms with van der Waals surface area (Å²) in [6.07, 6.45) is 0.412. The summed E-state index contributed by atoms with van der Waals surface area (Å²) in [6.45, 7) is 5.86. The van der Waals surface area contributed by atoms with Crippen molar-refractivity contribution in [3.05, 3.63) is 52.0 Å². The van der Waals surface area contributed by atoms with E-state index >= 15 is 0 Å². The summed E-state index contributed by atoms with van der Waals surface area (Å²) in [7, 11) is 0. The molecule has 0 saturated heterocycles. The van der Waals surface area contributed by atoms with Crippen molar-refractivity contribution in [2.24, 2.45) is 0 Å². The van der Waals surface area contributed by atoms with E-state index in [0.717, 1.165) is 0 Å². The van der Waals surface area contributed by atoms with Crippen molar-refractivity contribution in [3.63, 3.8) is 0 Å². The summed E-state index contributed by atoms with van der Waals surface area (Å²) in [6, 6.07) is 6.57. The molecule has 2 aromatic heterocycles. The lowest BCUT2D eigenvalue weighted by Gasteiger charge is -2.10. The molecular weight excluding hydrogens is 384 g/mol. The van der Waals surface area contributed by atoms with Crippen molar-refractivity contribution in [3.8, 4) is 0 Å². The number of benzene rings is 1. The van der Waals surface area contributed by atoms with Crippen molar-refractivity contribution in [2.45, 2.75) is 39.2 Å². The van der Waals surface area contributed by atoms with Gasteiger partial charge >= 0.3 is 5.97 Å². The van der Waals surface area contributed by atoms with Crippen molar-refractivity contribution in [1.82, 2.24) is 10.1 Å². The third-order valence-electron chi connectivity index (χ3n) is 4.65. The Balaban J connectivity index is 2.08. The molecule has 0 aliphatic heterocycles. The highest BCUT2D eigenvalue weighted by Crippen LogP contribution is 2.33. The maximum atomic E-state index is 13.1. The number of ketones is 1. The number of carboxylic acids is 1. The number of carboxylic acid groups (broad SMARTS) is 1. The van der Waals surface area contributed by atoms with Crippen LogP contribution >= 0.6 is 11.6 Å². The van der Waals surface area contributed by atoms with Crippen molar-refractivity contribution >= 4 is 34.3 Å². The minimum absolute atomic E-state index is 0.0182. The van der Waals surface area contributed by atoms with Gasteiger partial charge in [0.15, 0.2) is 0 Å². The quantitative estimate of drug-likeness (QED) is 0.526. The Morgan fingerprint density at radius 2 is 2.07 bits per heavy atom. The summed E-state index contributed by atoms with van der Waals surface area (Å²) < 4.78 is 10.8. The first-order valence-corrected chi connectivity index (χ1v) is 9.41. The first-order valence-electron chi connectivity index (χ1n) is 9.04. The SMILES string of the molecule is CCOC(CC)c1cc(C(=O)c2[nH]c3ccc(Cl)cc3c2C(C)C(=O)O)on1. The van der Waals surface area contributed by atoms with Crippen LogP contribution in [0, 0.1) is 0 Å². The van der Waals surface area contributed by atoms with E-state index < -0.39 is 17.7 Å². The highest BCUT2D eigenvalue weighted by molar-refractivity contribution is 6.31. The topological polar surface area (TPSA) is 105 Å². The number of aliphatic carboxylic acids is 1. The molecule has 2 unspecified atom stereocenters. The number of aromatic amines is 1. The molecule has 8 heteroatoms. The Bertz CT molecular complexity index is 1020. The smallest absolute Gasteiger partial charge is 0.310 e. The number of carbonyl (C=O) groups excluding carboxylic acids is 1. The normalized spacial score (nSPS) is 13.6. The second-order valence-electron chi connectivity index (χ2n) is 6.46. The molecule has 0 saturated carbocycles. The van der Waals surface area contributed by atoms with E-state index in [1.54, 1.807) is 24.3 Å². The monoisotopic (exact) mass is 404 g/mol. The van der Waals surface area contributed by atoms with Crippen LogP contribution in [0.3, 0.4) is 0 Å². The molecule has 0 radical (unpaired) electrons. The Labute approximate surface area is 166 Å². The van der Waals surface area contributed by atoms with Gasteiger partial charge in [0.25, 0.3) is 0 Å². The van der Waals surface area contributed by atoms with Crippen LogP contribution in [0.5, 0.6) is 0 Å². The molecule has 0 fully saturated rings. The van der Waals surface area contributed by atoms with Crippen LogP contribution in [0.15, 0.2) is 28.8 Å². The number of hydrogen-bond donors (Lipinski definition) is 2. The molecule has 0 aliphatic rings.